The van der Waals surface area contributed by atoms with E-state index in [2.05, 4.69) is 18.7 Å². The Morgan fingerprint density at radius 1 is 1.29 bits per heavy atom. The summed E-state index contributed by atoms with van der Waals surface area (Å²) in [4.78, 5) is 10.7. The van der Waals surface area contributed by atoms with E-state index in [1.54, 1.807) is 0 Å². The summed E-state index contributed by atoms with van der Waals surface area (Å²) < 4.78 is 0. The molecule has 2 heteroatoms. The second-order valence-corrected chi connectivity index (χ2v) is 3.56. The van der Waals surface area contributed by atoms with Crippen LogP contribution in [0.5, 0.6) is 0 Å². The highest BCUT2D eigenvalue weighted by atomic mass is 35.5. The van der Waals surface area contributed by atoms with Crippen LogP contribution in [0, 0.1) is 0 Å². The Bertz CT molecular complexity index is 316. The smallest absolute Gasteiger partial charge is 0.247 e. The fourth-order valence-electron chi connectivity index (χ4n) is 1.25. The van der Waals surface area contributed by atoms with E-state index < -0.39 is 5.24 Å². The standard InChI is InChI=1S/C12H13ClO/c1-10(12(13)14)6-5-9-11-7-3-2-4-8-11/h2-4,7-8H,1,5-6,9H2. The molecule has 0 fully saturated rings. The van der Waals surface area contributed by atoms with Crippen molar-refractivity contribution < 1.29 is 4.79 Å². The van der Waals surface area contributed by atoms with E-state index in [-0.39, 0.29) is 0 Å². The van der Waals surface area contributed by atoms with E-state index in [4.69, 9.17) is 11.6 Å². The highest BCUT2D eigenvalue weighted by Crippen LogP contribution is 2.10. The van der Waals surface area contributed by atoms with E-state index in [1.165, 1.54) is 5.56 Å². The molecule has 1 nitrogen and oxygen atoms in total. The van der Waals surface area contributed by atoms with Gasteiger partial charge in [-0.1, -0.05) is 36.9 Å². The molecule has 1 rings (SSSR count). The summed E-state index contributed by atoms with van der Waals surface area (Å²) >= 11 is 5.27. The molecule has 0 saturated heterocycles. The van der Waals surface area contributed by atoms with E-state index >= 15 is 0 Å². The molecule has 74 valence electrons. The number of carbonyl (C=O) groups excluding carboxylic acids is 1. The summed E-state index contributed by atoms with van der Waals surface area (Å²) in [5, 5.41) is -0.418. The fourth-order valence-corrected chi connectivity index (χ4v) is 1.34. The van der Waals surface area contributed by atoms with Crippen molar-refractivity contribution in [2.45, 2.75) is 19.3 Å². The zero-order valence-corrected chi connectivity index (χ0v) is 8.76. The van der Waals surface area contributed by atoms with Gasteiger partial charge in [-0.2, -0.15) is 0 Å². The van der Waals surface area contributed by atoms with Crippen LogP contribution in [0.15, 0.2) is 42.5 Å². The average Bonchev–Trinajstić information content (AvgIpc) is 2.19. The van der Waals surface area contributed by atoms with Crippen LogP contribution in [0.3, 0.4) is 0 Å². The minimum Gasteiger partial charge on any atom is -0.276 e. The van der Waals surface area contributed by atoms with Crippen LogP contribution in [-0.4, -0.2) is 5.24 Å². The first kappa shape index (κ1) is 11.0. The second kappa shape index (κ2) is 5.61. The Labute approximate surface area is 89.4 Å². The molecular formula is C12H13ClO. The van der Waals surface area contributed by atoms with Crippen LogP contribution >= 0.6 is 11.6 Å². The Kier molecular flexibility index (Phi) is 4.41. The van der Waals surface area contributed by atoms with Gasteiger partial charge in [-0.3, -0.25) is 4.79 Å². The number of allylic oxidation sites excluding steroid dienone is 1. The van der Waals surface area contributed by atoms with Gasteiger partial charge in [-0.25, -0.2) is 0 Å². The molecule has 0 aliphatic rings. The highest BCUT2D eigenvalue weighted by Gasteiger charge is 2.02. The molecule has 0 aromatic heterocycles. The minimum atomic E-state index is -0.418. The van der Waals surface area contributed by atoms with Crippen LogP contribution in [0.1, 0.15) is 18.4 Å². The van der Waals surface area contributed by atoms with E-state index in [9.17, 15) is 4.79 Å². The molecule has 1 aromatic rings. The van der Waals surface area contributed by atoms with Crippen molar-refractivity contribution in [2.75, 3.05) is 0 Å². The van der Waals surface area contributed by atoms with Crippen molar-refractivity contribution in [1.82, 2.24) is 0 Å². The number of rotatable bonds is 5. The van der Waals surface area contributed by atoms with Gasteiger partial charge in [0.2, 0.25) is 5.24 Å². The van der Waals surface area contributed by atoms with Gasteiger partial charge in [0.25, 0.3) is 0 Å². The van der Waals surface area contributed by atoms with Gasteiger partial charge in [-0.15, -0.1) is 0 Å². The van der Waals surface area contributed by atoms with Gasteiger partial charge < -0.3 is 0 Å². The fraction of sp³-hybridized carbons (Fsp3) is 0.250. The quantitative estimate of drug-likeness (QED) is 0.536. The molecule has 0 heterocycles. The van der Waals surface area contributed by atoms with Gasteiger partial charge in [0.15, 0.2) is 0 Å². The third-order valence-corrected chi connectivity index (χ3v) is 2.33. The topological polar surface area (TPSA) is 17.1 Å². The predicted molar refractivity (Wildman–Crippen MR) is 59.4 cm³/mol. The summed E-state index contributed by atoms with van der Waals surface area (Å²) in [5.74, 6) is 0. The van der Waals surface area contributed by atoms with Crippen molar-refractivity contribution >= 4 is 16.8 Å². The molecule has 0 radical (unpaired) electrons. The van der Waals surface area contributed by atoms with Crippen LogP contribution in [-0.2, 0) is 11.2 Å². The average molecular weight is 209 g/mol. The molecule has 0 saturated carbocycles. The lowest BCUT2D eigenvalue weighted by Gasteiger charge is -2.01. The number of hydrogen-bond acceptors (Lipinski definition) is 1. The Hall–Kier alpha value is -1.08. The van der Waals surface area contributed by atoms with Crippen LogP contribution < -0.4 is 0 Å². The second-order valence-electron chi connectivity index (χ2n) is 3.22. The number of hydrogen-bond donors (Lipinski definition) is 0. The summed E-state index contributed by atoms with van der Waals surface area (Å²) in [5.41, 5.74) is 1.78. The van der Waals surface area contributed by atoms with Gasteiger partial charge in [0, 0.05) is 5.57 Å². The van der Waals surface area contributed by atoms with Crippen LogP contribution in [0.2, 0.25) is 0 Å². The maximum atomic E-state index is 10.7. The van der Waals surface area contributed by atoms with Crippen LogP contribution in [0.4, 0.5) is 0 Å². The lowest BCUT2D eigenvalue weighted by atomic mass is 10.1. The summed E-state index contributed by atoms with van der Waals surface area (Å²) in [6, 6.07) is 10.2. The number of benzene rings is 1. The zero-order chi connectivity index (χ0) is 10.4. The number of carbonyl (C=O) groups is 1. The van der Waals surface area contributed by atoms with Gasteiger partial charge >= 0.3 is 0 Å². The van der Waals surface area contributed by atoms with Gasteiger partial charge in [0.1, 0.15) is 0 Å². The first-order chi connectivity index (χ1) is 6.70. The van der Waals surface area contributed by atoms with Gasteiger partial charge in [0.05, 0.1) is 0 Å². The van der Waals surface area contributed by atoms with Crippen molar-refractivity contribution in [3.05, 3.63) is 48.0 Å². The Morgan fingerprint density at radius 2 is 1.93 bits per heavy atom. The third kappa shape index (κ3) is 3.75. The largest absolute Gasteiger partial charge is 0.276 e. The molecule has 0 amide bonds. The van der Waals surface area contributed by atoms with Crippen molar-refractivity contribution in [3.8, 4) is 0 Å². The molecule has 0 unspecified atom stereocenters. The maximum absolute atomic E-state index is 10.7. The number of aryl methyl sites for hydroxylation is 1. The number of halogens is 1. The SMILES string of the molecule is C=C(CCCc1ccccc1)C(=O)Cl. The molecule has 1 aromatic carbocycles. The van der Waals surface area contributed by atoms with E-state index in [0.717, 1.165) is 12.8 Å². The molecule has 0 aliphatic carbocycles. The van der Waals surface area contributed by atoms with Crippen molar-refractivity contribution in [1.29, 1.82) is 0 Å². The molecule has 0 atom stereocenters. The lowest BCUT2D eigenvalue weighted by molar-refractivity contribution is -0.108. The minimum absolute atomic E-state index is 0.418. The molecule has 0 spiro atoms. The van der Waals surface area contributed by atoms with E-state index in [1.807, 2.05) is 18.2 Å². The Balaban J connectivity index is 2.29. The summed E-state index contributed by atoms with van der Waals surface area (Å²) in [6.45, 7) is 3.60. The van der Waals surface area contributed by atoms with Crippen molar-refractivity contribution in [2.24, 2.45) is 0 Å². The Morgan fingerprint density at radius 3 is 2.50 bits per heavy atom. The first-order valence-electron chi connectivity index (χ1n) is 4.61. The lowest BCUT2D eigenvalue weighted by Crippen LogP contribution is -1.93. The molecule has 14 heavy (non-hydrogen) atoms. The predicted octanol–water partition coefficient (Wildman–Crippen LogP) is 3.33. The van der Waals surface area contributed by atoms with E-state index in [0.29, 0.717) is 12.0 Å². The molecule has 0 bridgehead atoms. The van der Waals surface area contributed by atoms with Crippen molar-refractivity contribution in [3.63, 3.8) is 0 Å². The monoisotopic (exact) mass is 208 g/mol. The first-order valence-corrected chi connectivity index (χ1v) is 4.99. The zero-order valence-electron chi connectivity index (χ0n) is 8.00. The maximum Gasteiger partial charge on any atom is 0.247 e. The normalized spacial score (nSPS) is 9.79. The summed E-state index contributed by atoms with van der Waals surface area (Å²) in [7, 11) is 0. The highest BCUT2D eigenvalue weighted by molar-refractivity contribution is 6.67. The molecule has 0 N–H and O–H groups in total. The summed E-state index contributed by atoms with van der Waals surface area (Å²) in [6.07, 6.45) is 2.56. The molecule has 0 aliphatic heterocycles. The molecular weight excluding hydrogens is 196 g/mol. The van der Waals surface area contributed by atoms with Crippen LogP contribution in [0.25, 0.3) is 0 Å². The third-order valence-electron chi connectivity index (χ3n) is 2.06. The van der Waals surface area contributed by atoms with Gasteiger partial charge in [-0.05, 0) is 36.4 Å².